The van der Waals surface area contributed by atoms with E-state index in [1.165, 1.54) is 5.56 Å². The summed E-state index contributed by atoms with van der Waals surface area (Å²) >= 11 is 0. The van der Waals surface area contributed by atoms with Crippen molar-refractivity contribution in [2.24, 2.45) is 28.5 Å². The van der Waals surface area contributed by atoms with Crippen LogP contribution in [0.5, 0.6) is 0 Å². The van der Waals surface area contributed by atoms with Gasteiger partial charge in [0.05, 0.1) is 17.9 Å². The first-order valence-electron chi connectivity index (χ1n) is 17.6. The summed E-state index contributed by atoms with van der Waals surface area (Å²) in [7, 11) is 0. The average molecular weight is 655 g/mol. The van der Waals surface area contributed by atoms with Gasteiger partial charge in [-0.05, 0) is 54.5 Å². The van der Waals surface area contributed by atoms with Crippen LogP contribution in [0.1, 0.15) is 74.1 Å². The number of nitrogens with one attached hydrogen (secondary N) is 1. The van der Waals surface area contributed by atoms with Gasteiger partial charge in [-0.25, -0.2) is 4.99 Å². The van der Waals surface area contributed by atoms with Crippen LogP contribution in [0.4, 0.5) is 5.69 Å². The Morgan fingerprint density at radius 2 is 1.59 bits per heavy atom. The highest BCUT2D eigenvalue weighted by Crippen LogP contribution is 2.37. The molecule has 7 heteroatoms. The molecule has 0 saturated heterocycles. The number of amides is 3. The number of anilines is 1. The molecule has 0 spiro atoms. The fraction of sp³-hybridized carbons (Fsp3) is 0.333. The fourth-order valence-electron chi connectivity index (χ4n) is 7.04. The summed E-state index contributed by atoms with van der Waals surface area (Å²) in [6.07, 6.45) is 4.81. The molecule has 7 nitrogen and oxygen atoms in total. The molecule has 1 heterocycles. The van der Waals surface area contributed by atoms with Crippen molar-refractivity contribution in [2.45, 2.75) is 71.5 Å². The van der Waals surface area contributed by atoms with Crippen LogP contribution in [0, 0.1) is 24.7 Å². The average Bonchev–Trinajstić information content (AvgIpc) is 3.20. The minimum absolute atomic E-state index is 0.283. The molecular formula is C42H46N4O3. The Kier molecular flexibility index (Phi) is 10.7. The lowest BCUT2D eigenvalue weighted by Crippen LogP contribution is -2.51. The van der Waals surface area contributed by atoms with Crippen LogP contribution >= 0.6 is 0 Å². The number of hydrogen-bond donors (Lipinski definition) is 2. The van der Waals surface area contributed by atoms with E-state index >= 15 is 0 Å². The van der Waals surface area contributed by atoms with Crippen LogP contribution in [0.25, 0.3) is 11.1 Å². The van der Waals surface area contributed by atoms with E-state index < -0.39 is 23.9 Å². The van der Waals surface area contributed by atoms with Crippen molar-refractivity contribution in [3.8, 4) is 11.1 Å². The number of carbonyl (C=O) groups is 3. The maximum Gasteiger partial charge on any atom is 0.272 e. The molecule has 0 radical (unpaired) electrons. The summed E-state index contributed by atoms with van der Waals surface area (Å²) in [4.78, 5) is 48.5. The minimum atomic E-state index is -1.20. The van der Waals surface area contributed by atoms with Crippen LogP contribution in [-0.4, -0.2) is 29.6 Å². The number of para-hydroxylation sites is 1. The smallest absolute Gasteiger partial charge is 0.272 e. The highest BCUT2D eigenvalue weighted by molar-refractivity contribution is 6.20. The van der Waals surface area contributed by atoms with Crippen molar-refractivity contribution in [3.63, 3.8) is 0 Å². The third-order valence-electron chi connectivity index (χ3n) is 10.1. The number of rotatable bonds is 13. The second-order valence-electron chi connectivity index (χ2n) is 13.6. The van der Waals surface area contributed by atoms with Crippen LogP contribution in [0.3, 0.4) is 0 Å². The molecule has 49 heavy (non-hydrogen) atoms. The molecule has 1 fully saturated rings. The van der Waals surface area contributed by atoms with Crippen LogP contribution < -0.4 is 16.0 Å². The molecule has 2 aliphatic rings. The van der Waals surface area contributed by atoms with Gasteiger partial charge in [0.1, 0.15) is 0 Å². The van der Waals surface area contributed by atoms with Gasteiger partial charge in [-0.2, -0.15) is 0 Å². The number of aryl methyl sites for hydroxylation is 1. The molecule has 1 aliphatic carbocycles. The van der Waals surface area contributed by atoms with Gasteiger partial charge >= 0.3 is 0 Å². The third-order valence-corrected chi connectivity index (χ3v) is 10.1. The molecule has 0 aromatic heterocycles. The zero-order valence-corrected chi connectivity index (χ0v) is 28.5. The number of nitrogens with zero attached hydrogens (tertiary/aromatic N) is 2. The lowest BCUT2D eigenvalue weighted by molar-refractivity contribution is -0.136. The molecule has 1 aliphatic heterocycles. The Labute approximate surface area is 289 Å². The van der Waals surface area contributed by atoms with Crippen molar-refractivity contribution in [2.75, 3.05) is 4.90 Å². The third kappa shape index (κ3) is 7.83. The normalized spacial score (nSPS) is 17.3. The van der Waals surface area contributed by atoms with Crippen LogP contribution in [0.15, 0.2) is 108 Å². The number of carbonyl (C=O) groups excluding carboxylic acids is 3. The molecule has 1 unspecified atom stereocenters. The predicted octanol–water partition coefficient (Wildman–Crippen LogP) is 7.59. The number of aliphatic imine (C=N–C) groups is 1. The van der Waals surface area contributed by atoms with E-state index in [2.05, 4.69) is 55.6 Å². The van der Waals surface area contributed by atoms with Gasteiger partial charge < -0.3 is 16.0 Å². The number of fused-ring (bicyclic) bond motifs is 1. The summed E-state index contributed by atoms with van der Waals surface area (Å²) in [5.74, 6) is -1.99. The maximum atomic E-state index is 14.7. The quantitative estimate of drug-likeness (QED) is 0.155. The lowest BCUT2D eigenvalue weighted by atomic mass is 9.73. The molecule has 3 N–H and O–H groups in total. The Hall–Kier alpha value is -5.04. The number of hydrogen-bond acceptors (Lipinski definition) is 4. The monoisotopic (exact) mass is 654 g/mol. The fourth-order valence-corrected chi connectivity index (χ4v) is 7.04. The van der Waals surface area contributed by atoms with Gasteiger partial charge in [0.25, 0.3) is 5.91 Å². The molecule has 3 atom stereocenters. The van der Waals surface area contributed by atoms with Crippen molar-refractivity contribution in [1.82, 2.24) is 5.32 Å². The Morgan fingerprint density at radius 1 is 0.878 bits per heavy atom. The standard InChI is InChI=1S/C42H46N4O3/c1-3-4-18-34(39(43)47)36(26-29-12-10-13-29)41(48)45-40-42(49)46(27-30-14-11-17-33(25-30)31-23-21-28(2)22-24-31)37-20-9-8-19-35(37)38(44-40)32-15-6-5-7-16-32/h5-9,11,14-17,19-25,29,34,36,40H,3-4,10,12-13,18,26-27H2,1-2H3,(H2,43,47)(H,45,48)/t34-,36+,40?/m0/s1. The maximum absolute atomic E-state index is 14.7. The number of benzene rings is 4. The second-order valence-corrected chi connectivity index (χ2v) is 13.6. The molecule has 4 aromatic rings. The Morgan fingerprint density at radius 3 is 2.29 bits per heavy atom. The minimum Gasteiger partial charge on any atom is -0.369 e. The lowest BCUT2D eigenvalue weighted by Gasteiger charge is -2.33. The predicted molar refractivity (Wildman–Crippen MR) is 196 cm³/mol. The summed E-state index contributed by atoms with van der Waals surface area (Å²) < 4.78 is 0. The molecule has 6 rings (SSSR count). The molecule has 1 saturated carbocycles. The van der Waals surface area contributed by atoms with Gasteiger partial charge in [0, 0.05) is 23.0 Å². The topological polar surface area (TPSA) is 105 Å². The molecule has 3 amide bonds. The zero-order valence-electron chi connectivity index (χ0n) is 28.5. The summed E-state index contributed by atoms with van der Waals surface area (Å²) in [5, 5.41) is 3.04. The molecule has 0 bridgehead atoms. The van der Waals surface area contributed by atoms with E-state index in [1.54, 1.807) is 4.90 Å². The summed E-state index contributed by atoms with van der Waals surface area (Å²) in [6.45, 7) is 4.41. The zero-order chi connectivity index (χ0) is 34.3. The Bertz CT molecular complexity index is 1810. The van der Waals surface area contributed by atoms with Crippen molar-refractivity contribution < 1.29 is 14.4 Å². The number of primary amides is 1. The molecule has 252 valence electrons. The Balaban J connectivity index is 1.38. The first kappa shape index (κ1) is 33.8. The van der Waals surface area contributed by atoms with E-state index in [9.17, 15) is 14.4 Å². The van der Waals surface area contributed by atoms with E-state index in [0.29, 0.717) is 24.5 Å². The van der Waals surface area contributed by atoms with Gasteiger partial charge in [-0.3, -0.25) is 14.4 Å². The van der Waals surface area contributed by atoms with Gasteiger partial charge in [0.2, 0.25) is 18.0 Å². The number of unbranched alkanes of at least 4 members (excludes halogenated alkanes) is 1. The highest BCUT2D eigenvalue weighted by Gasteiger charge is 2.39. The largest absolute Gasteiger partial charge is 0.369 e. The van der Waals surface area contributed by atoms with Crippen LogP contribution in [0.2, 0.25) is 0 Å². The van der Waals surface area contributed by atoms with Crippen molar-refractivity contribution in [1.29, 1.82) is 0 Å². The van der Waals surface area contributed by atoms with Crippen molar-refractivity contribution >= 4 is 29.1 Å². The van der Waals surface area contributed by atoms with Gasteiger partial charge in [0.15, 0.2) is 0 Å². The summed E-state index contributed by atoms with van der Waals surface area (Å²) in [5.41, 5.74) is 13.2. The first-order chi connectivity index (χ1) is 23.8. The van der Waals surface area contributed by atoms with Crippen LogP contribution in [-0.2, 0) is 20.9 Å². The van der Waals surface area contributed by atoms with Gasteiger partial charge in [-0.1, -0.05) is 136 Å². The van der Waals surface area contributed by atoms with E-state index in [1.807, 2.05) is 66.7 Å². The second kappa shape index (κ2) is 15.5. The van der Waals surface area contributed by atoms with Gasteiger partial charge in [-0.15, -0.1) is 0 Å². The first-order valence-corrected chi connectivity index (χ1v) is 17.6. The SMILES string of the molecule is CCCC[C@H](C(N)=O)[C@@H](CC1CCC1)C(=O)NC1N=C(c2ccccc2)c2ccccc2N(Cc2cccc(-c3ccc(C)cc3)c2)C1=O. The molecular weight excluding hydrogens is 608 g/mol. The number of benzodiazepines with no additional fused rings is 1. The number of nitrogens with two attached hydrogens (primary N) is 1. The van der Waals surface area contributed by atoms with Crippen molar-refractivity contribution in [3.05, 3.63) is 125 Å². The summed E-state index contributed by atoms with van der Waals surface area (Å²) in [6, 6.07) is 34.1. The molecule has 4 aromatic carbocycles. The van der Waals surface area contributed by atoms with E-state index in [4.69, 9.17) is 10.7 Å². The van der Waals surface area contributed by atoms with E-state index in [0.717, 1.165) is 65.6 Å². The van der Waals surface area contributed by atoms with E-state index in [-0.39, 0.29) is 18.4 Å². The highest BCUT2D eigenvalue weighted by atomic mass is 16.2.